The van der Waals surface area contributed by atoms with Gasteiger partial charge in [0.15, 0.2) is 0 Å². The molecule has 0 aliphatic heterocycles. The predicted octanol–water partition coefficient (Wildman–Crippen LogP) is 2.42. The molecule has 0 fully saturated rings. The molecule has 0 aromatic heterocycles. The summed E-state index contributed by atoms with van der Waals surface area (Å²) < 4.78 is 0. The Hall–Kier alpha value is -0.260. The highest BCUT2D eigenvalue weighted by atomic mass is 14.0. The van der Waals surface area contributed by atoms with Crippen LogP contribution in [0.2, 0.25) is 0 Å². The fraction of sp³-hybridized carbons (Fsp3) is 0.571. The summed E-state index contributed by atoms with van der Waals surface area (Å²) >= 11 is 0. The van der Waals surface area contributed by atoms with E-state index in [2.05, 4.69) is 27.4 Å². The molecule has 0 bridgehead atoms. The molecule has 0 heteroatoms. The molecule has 0 saturated heterocycles. The van der Waals surface area contributed by atoms with Gasteiger partial charge in [-0.1, -0.05) is 26.0 Å². The molecule has 0 N–H and O–H groups in total. The summed E-state index contributed by atoms with van der Waals surface area (Å²) in [6.07, 6.45) is 1.06. The van der Waals surface area contributed by atoms with E-state index in [1.165, 1.54) is 0 Å². The Morgan fingerprint density at radius 2 is 2.00 bits per heavy atom. The zero-order valence-electron chi connectivity index (χ0n) is 5.20. The maximum Gasteiger partial charge on any atom is -0.0286 e. The molecule has 0 spiro atoms. The minimum atomic E-state index is 0.713. The van der Waals surface area contributed by atoms with Gasteiger partial charge in [0.05, 0.1) is 0 Å². The SMILES string of the molecule is [CH2]C(=C)CC(C)C. The van der Waals surface area contributed by atoms with E-state index < -0.39 is 0 Å². The number of allylic oxidation sites excluding steroid dienone is 1. The van der Waals surface area contributed by atoms with Gasteiger partial charge in [-0.05, 0) is 19.3 Å². The molecule has 1 radical (unpaired) electrons. The Morgan fingerprint density at radius 1 is 1.57 bits per heavy atom. The number of hydrogen-bond donors (Lipinski definition) is 0. The molecule has 0 aliphatic rings. The Bertz CT molecular complexity index is 60.4. The van der Waals surface area contributed by atoms with Crippen LogP contribution in [0, 0.1) is 12.8 Å². The lowest BCUT2D eigenvalue weighted by atomic mass is 10.1. The summed E-state index contributed by atoms with van der Waals surface area (Å²) in [5.74, 6) is 0.713. The topological polar surface area (TPSA) is 0 Å². The van der Waals surface area contributed by atoms with Crippen LogP contribution in [0.3, 0.4) is 0 Å². The third kappa shape index (κ3) is 5.74. The van der Waals surface area contributed by atoms with Gasteiger partial charge in [0, 0.05) is 0 Å². The van der Waals surface area contributed by atoms with Gasteiger partial charge in [-0.15, -0.1) is 0 Å². The molecule has 0 unspecified atom stereocenters. The van der Waals surface area contributed by atoms with Crippen LogP contribution in [-0.2, 0) is 0 Å². The van der Waals surface area contributed by atoms with Crippen molar-refractivity contribution in [3.8, 4) is 0 Å². The Morgan fingerprint density at radius 3 is 2.00 bits per heavy atom. The van der Waals surface area contributed by atoms with Crippen LogP contribution in [0.25, 0.3) is 0 Å². The summed E-state index contributed by atoms with van der Waals surface area (Å²) in [4.78, 5) is 0. The highest BCUT2D eigenvalue weighted by Gasteiger charge is 1.90. The van der Waals surface area contributed by atoms with E-state index in [0.29, 0.717) is 5.92 Å². The van der Waals surface area contributed by atoms with Crippen molar-refractivity contribution in [2.24, 2.45) is 5.92 Å². The van der Waals surface area contributed by atoms with Gasteiger partial charge in [0.2, 0.25) is 0 Å². The van der Waals surface area contributed by atoms with Gasteiger partial charge in [0.25, 0.3) is 0 Å². The largest absolute Gasteiger partial charge is 0.0998 e. The third-order valence-electron chi connectivity index (χ3n) is 0.697. The highest BCUT2D eigenvalue weighted by Crippen LogP contribution is 2.05. The number of hydrogen-bond acceptors (Lipinski definition) is 0. The van der Waals surface area contributed by atoms with Crippen LogP contribution in [0.5, 0.6) is 0 Å². The van der Waals surface area contributed by atoms with Crippen molar-refractivity contribution in [3.63, 3.8) is 0 Å². The average Bonchev–Trinajstić information content (AvgIpc) is 1.27. The van der Waals surface area contributed by atoms with Crippen molar-refractivity contribution >= 4 is 0 Å². The molecule has 0 heterocycles. The average molecular weight is 97.2 g/mol. The van der Waals surface area contributed by atoms with Crippen molar-refractivity contribution < 1.29 is 0 Å². The molecule has 0 aromatic carbocycles. The van der Waals surface area contributed by atoms with Gasteiger partial charge in [-0.25, -0.2) is 0 Å². The van der Waals surface area contributed by atoms with Crippen LogP contribution in [0.15, 0.2) is 12.2 Å². The van der Waals surface area contributed by atoms with Gasteiger partial charge < -0.3 is 0 Å². The quantitative estimate of drug-likeness (QED) is 0.496. The van der Waals surface area contributed by atoms with Gasteiger partial charge in [-0.3, -0.25) is 0 Å². The first kappa shape index (κ1) is 6.74. The summed E-state index contributed by atoms with van der Waals surface area (Å²) in [5.41, 5.74) is 1.04. The minimum absolute atomic E-state index is 0.713. The first-order chi connectivity index (χ1) is 3.13. The van der Waals surface area contributed by atoms with E-state index in [9.17, 15) is 0 Å². The van der Waals surface area contributed by atoms with E-state index in [4.69, 9.17) is 0 Å². The summed E-state index contributed by atoms with van der Waals surface area (Å²) in [7, 11) is 0. The first-order valence-electron chi connectivity index (χ1n) is 2.62. The van der Waals surface area contributed by atoms with E-state index in [1.807, 2.05) is 0 Å². The monoisotopic (exact) mass is 97.1 g/mol. The van der Waals surface area contributed by atoms with E-state index in [-0.39, 0.29) is 0 Å². The van der Waals surface area contributed by atoms with Crippen molar-refractivity contribution in [1.29, 1.82) is 0 Å². The second kappa shape index (κ2) is 2.84. The molecule has 0 amide bonds. The summed E-state index contributed by atoms with van der Waals surface area (Å²) in [5, 5.41) is 0. The fourth-order valence-corrected chi connectivity index (χ4v) is 0.577. The lowest BCUT2D eigenvalue weighted by molar-refractivity contribution is 0.651. The van der Waals surface area contributed by atoms with Crippen LogP contribution in [0.1, 0.15) is 20.3 Å². The van der Waals surface area contributed by atoms with Crippen molar-refractivity contribution in [1.82, 2.24) is 0 Å². The Balaban J connectivity index is 3.13. The minimum Gasteiger partial charge on any atom is -0.0998 e. The van der Waals surface area contributed by atoms with Crippen LogP contribution in [-0.4, -0.2) is 0 Å². The first-order valence-corrected chi connectivity index (χ1v) is 2.62. The Kier molecular flexibility index (Phi) is 2.73. The molecule has 41 valence electrons. The predicted molar refractivity (Wildman–Crippen MR) is 34.0 cm³/mol. The van der Waals surface area contributed by atoms with Crippen LogP contribution < -0.4 is 0 Å². The van der Waals surface area contributed by atoms with Crippen molar-refractivity contribution in [3.05, 3.63) is 19.1 Å². The number of rotatable bonds is 2. The molecule has 0 aliphatic carbocycles. The normalized spacial score (nSPS) is 9.71. The fourth-order valence-electron chi connectivity index (χ4n) is 0.577. The summed E-state index contributed by atoms with van der Waals surface area (Å²) in [6.45, 7) is 11.7. The van der Waals surface area contributed by atoms with E-state index in [1.54, 1.807) is 0 Å². The maximum absolute atomic E-state index is 3.68. The standard InChI is InChI=1S/C7H13/c1-6(2)5-7(3)4/h7H,1-2,5H2,3-4H3. The molecule has 0 saturated carbocycles. The molecule has 0 atom stereocenters. The van der Waals surface area contributed by atoms with Gasteiger partial charge >= 0.3 is 0 Å². The smallest absolute Gasteiger partial charge is 0.0286 e. The molecular formula is C7H13. The zero-order valence-corrected chi connectivity index (χ0v) is 5.20. The van der Waals surface area contributed by atoms with Crippen LogP contribution in [0.4, 0.5) is 0 Å². The summed E-state index contributed by atoms with van der Waals surface area (Å²) in [6, 6.07) is 0. The Labute approximate surface area is 46.2 Å². The van der Waals surface area contributed by atoms with E-state index >= 15 is 0 Å². The molecule has 0 nitrogen and oxygen atoms in total. The molecular weight excluding hydrogens is 84.1 g/mol. The van der Waals surface area contributed by atoms with Crippen molar-refractivity contribution in [2.75, 3.05) is 0 Å². The lowest BCUT2D eigenvalue weighted by Gasteiger charge is -1.99. The second-order valence-corrected chi connectivity index (χ2v) is 2.35. The molecule has 0 aromatic rings. The van der Waals surface area contributed by atoms with Gasteiger partial charge in [-0.2, -0.15) is 0 Å². The van der Waals surface area contributed by atoms with Gasteiger partial charge in [0.1, 0.15) is 0 Å². The third-order valence-corrected chi connectivity index (χ3v) is 0.697. The zero-order chi connectivity index (χ0) is 5.86. The second-order valence-electron chi connectivity index (χ2n) is 2.35. The molecule has 0 rings (SSSR count). The lowest BCUT2D eigenvalue weighted by Crippen LogP contribution is -1.85. The van der Waals surface area contributed by atoms with Crippen LogP contribution >= 0.6 is 0 Å². The highest BCUT2D eigenvalue weighted by molar-refractivity contribution is 4.97. The van der Waals surface area contributed by atoms with Crippen molar-refractivity contribution in [2.45, 2.75) is 20.3 Å². The van der Waals surface area contributed by atoms with E-state index in [0.717, 1.165) is 12.0 Å². The molecule has 7 heavy (non-hydrogen) atoms. The maximum atomic E-state index is 3.68.